The summed E-state index contributed by atoms with van der Waals surface area (Å²) in [5.74, 6) is -0.298. The molecule has 0 radical (unpaired) electrons. The molecule has 104 valence electrons. The Morgan fingerprint density at radius 1 is 1.44 bits per heavy atom. The zero-order valence-corrected chi connectivity index (χ0v) is 11.3. The van der Waals surface area contributed by atoms with E-state index in [1.54, 1.807) is 0 Å². The number of carboxylic acid groups (broad SMARTS) is 1. The molecule has 0 aromatic carbocycles. The van der Waals surface area contributed by atoms with Crippen molar-refractivity contribution in [2.45, 2.75) is 57.6 Å². The van der Waals surface area contributed by atoms with Crippen LogP contribution in [0.5, 0.6) is 0 Å². The van der Waals surface area contributed by atoms with Gasteiger partial charge in [0.2, 0.25) is 0 Å². The molecule has 3 atom stereocenters. The van der Waals surface area contributed by atoms with Crippen LogP contribution in [0.3, 0.4) is 0 Å². The van der Waals surface area contributed by atoms with Crippen molar-refractivity contribution in [2.24, 2.45) is 5.92 Å². The molecule has 0 saturated carbocycles. The summed E-state index contributed by atoms with van der Waals surface area (Å²) in [6.07, 6.45) is 6.38. The van der Waals surface area contributed by atoms with Crippen molar-refractivity contribution >= 4 is 5.97 Å². The predicted octanol–water partition coefficient (Wildman–Crippen LogP) is 2.13. The third-order valence-electron chi connectivity index (χ3n) is 4.25. The molecule has 0 bridgehead atoms. The fourth-order valence-corrected chi connectivity index (χ4v) is 3.32. The molecule has 4 nitrogen and oxygen atoms in total. The SMILES string of the molecule is CCCC1CC(N2CCC(CC(=O)O)C2)CCO1. The summed E-state index contributed by atoms with van der Waals surface area (Å²) in [5, 5.41) is 8.84. The lowest BCUT2D eigenvalue weighted by Gasteiger charge is -2.35. The summed E-state index contributed by atoms with van der Waals surface area (Å²) in [5.41, 5.74) is 0. The quantitative estimate of drug-likeness (QED) is 0.817. The van der Waals surface area contributed by atoms with E-state index in [1.807, 2.05) is 0 Å². The lowest BCUT2D eigenvalue weighted by Crippen LogP contribution is -2.41. The number of likely N-dealkylation sites (tertiary alicyclic amines) is 1. The van der Waals surface area contributed by atoms with Crippen molar-refractivity contribution < 1.29 is 14.6 Å². The molecule has 1 N–H and O–H groups in total. The number of carbonyl (C=O) groups is 1. The molecular weight excluding hydrogens is 230 g/mol. The van der Waals surface area contributed by atoms with Crippen LogP contribution in [-0.2, 0) is 9.53 Å². The van der Waals surface area contributed by atoms with Gasteiger partial charge in [0.05, 0.1) is 6.10 Å². The second-order valence-corrected chi connectivity index (χ2v) is 5.71. The maximum Gasteiger partial charge on any atom is 0.303 e. The highest BCUT2D eigenvalue weighted by Crippen LogP contribution is 2.28. The van der Waals surface area contributed by atoms with Crippen LogP contribution in [0.2, 0.25) is 0 Å². The van der Waals surface area contributed by atoms with E-state index in [-0.39, 0.29) is 0 Å². The van der Waals surface area contributed by atoms with Crippen molar-refractivity contribution in [3.8, 4) is 0 Å². The summed E-state index contributed by atoms with van der Waals surface area (Å²) >= 11 is 0. The van der Waals surface area contributed by atoms with Gasteiger partial charge in [-0.3, -0.25) is 9.69 Å². The number of aliphatic carboxylic acids is 1. The number of hydrogen-bond acceptors (Lipinski definition) is 3. The van der Waals surface area contributed by atoms with Gasteiger partial charge in [0, 0.05) is 25.6 Å². The van der Waals surface area contributed by atoms with Crippen LogP contribution in [0.1, 0.15) is 45.4 Å². The third kappa shape index (κ3) is 3.69. The molecule has 0 spiro atoms. The van der Waals surface area contributed by atoms with Gasteiger partial charge in [0.15, 0.2) is 0 Å². The molecule has 2 aliphatic heterocycles. The first kappa shape index (κ1) is 13.8. The molecule has 2 heterocycles. The lowest BCUT2D eigenvalue weighted by molar-refractivity contribution is -0.138. The van der Waals surface area contributed by atoms with Gasteiger partial charge in [-0.25, -0.2) is 0 Å². The molecule has 18 heavy (non-hydrogen) atoms. The van der Waals surface area contributed by atoms with Gasteiger partial charge in [-0.15, -0.1) is 0 Å². The lowest BCUT2D eigenvalue weighted by atomic mass is 9.99. The van der Waals surface area contributed by atoms with Crippen LogP contribution in [0.15, 0.2) is 0 Å². The molecule has 3 unspecified atom stereocenters. The van der Waals surface area contributed by atoms with E-state index in [9.17, 15) is 4.79 Å². The first-order chi connectivity index (χ1) is 8.69. The van der Waals surface area contributed by atoms with Crippen molar-refractivity contribution in [2.75, 3.05) is 19.7 Å². The molecule has 4 heteroatoms. The summed E-state index contributed by atoms with van der Waals surface area (Å²) in [7, 11) is 0. The fraction of sp³-hybridized carbons (Fsp3) is 0.929. The van der Waals surface area contributed by atoms with Gasteiger partial charge >= 0.3 is 5.97 Å². The average Bonchev–Trinajstić information content (AvgIpc) is 2.77. The first-order valence-electron chi connectivity index (χ1n) is 7.26. The van der Waals surface area contributed by atoms with Gasteiger partial charge < -0.3 is 9.84 Å². The van der Waals surface area contributed by atoms with Gasteiger partial charge in [-0.05, 0) is 38.1 Å². The highest BCUT2D eigenvalue weighted by atomic mass is 16.5. The standard InChI is InChI=1S/C14H25NO3/c1-2-3-13-9-12(5-7-18-13)15-6-4-11(10-15)8-14(16)17/h11-13H,2-10H2,1H3,(H,16,17). The van der Waals surface area contributed by atoms with E-state index in [4.69, 9.17) is 9.84 Å². The molecule has 0 aliphatic carbocycles. The predicted molar refractivity (Wildman–Crippen MR) is 69.6 cm³/mol. The van der Waals surface area contributed by atoms with Crippen molar-refractivity contribution in [3.63, 3.8) is 0 Å². The minimum absolute atomic E-state index is 0.331. The monoisotopic (exact) mass is 255 g/mol. The number of rotatable bonds is 5. The number of hydrogen-bond donors (Lipinski definition) is 1. The highest BCUT2D eigenvalue weighted by Gasteiger charge is 2.32. The van der Waals surface area contributed by atoms with E-state index in [0.717, 1.165) is 45.4 Å². The zero-order valence-electron chi connectivity index (χ0n) is 11.3. The Morgan fingerprint density at radius 2 is 2.28 bits per heavy atom. The van der Waals surface area contributed by atoms with Crippen LogP contribution >= 0.6 is 0 Å². The van der Waals surface area contributed by atoms with Crippen LogP contribution in [-0.4, -0.2) is 47.8 Å². The molecule has 0 amide bonds. The first-order valence-corrected chi connectivity index (χ1v) is 7.26. The van der Waals surface area contributed by atoms with E-state index in [0.29, 0.717) is 24.5 Å². The van der Waals surface area contributed by atoms with Crippen LogP contribution in [0, 0.1) is 5.92 Å². The van der Waals surface area contributed by atoms with Crippen LogP contribution in [0.4, 0.5) is 0 Å². The minimum Gasteiger partial charge on any atom is -0.481 e. The van der Waals surface area contributed by atoms with E-state index < -0.39 is 5.97 Å². The molecule has 0 aromatic heterocycles. The average molecular weight is 255 g/mol. The van der Waals surface area contributed by atoms with Gasteiger partial charge in [0.1, 0.15) is 0 Å². The van der Waals surface area contributed by atoms with Crippen molar-refractivity contribution in [3.05, 3.63) is 0 Å². The highest BCUT2D eigenvalue weighted by molar-refractivity contribution is 5.67. The second kappa shape index (κ2) is 6.53. The Balaban J connectivity index is 1.79. The molecule has 0 aromatic rings. The Morgan fingerprint density at radius 3 is 3.00 bits per heavy atom. The molecule has 2 fully saturated rings. The van der Waals surface area contributed by atoms with Crippen molar-refractivity contribution in [1.82, 2.24) is 4.90 Å². The molecule has 2 rings (SSSR count). The summed E-state index contributed by atoms with van der Waals surface area (Å²) in [4.78, 5) is 13.2. The van der Waals surface area contributed by atoms with Crippen LogP contribution < -0.4 is 0 Å². The van der Waals surface area contributed by atoms with E-state index >= 15 is 0 Å². The van der Waals surface area contributed by atoms with E-state index in [2.05, 4.69) is 11.8 Å². The molecular formula is C14H25NO3. The largest absolute Gasteiger partial charge is 0.481 e. The van der Waals surface area contributed by atoms with E-state index in [1.165, 1.54) is 6.42 Å². The third-order valence-corrected chi connectivity index (χ3v) is 4.25. The summed E-state index contributed by atoms with van der Waals surface area (Å²) in [6, 6.07) is 0.620. The topological polar surface area (TPSA) is 49.8 Å². The summed E-state index contributed by atoms with van der Waals surface area (Å²) < 4.78 is 5.78. The van der Waals surface area contributed by atoms with Crippen LogP contribution in [0.25, 0.3) is 0 Å². The smallest absolute Gasteiger partial charge is 0.303 e. The number of nitrogens with zero attached hydrogens (tertiary/aromatic N) is 1. The maximum atomic E-state index is 10.7. The normalized spacial score (nSPS) is 33.7. The Kier molecular flexibility index (Phi) is 5.01. The number of ether oxygens (including phenoxy) is 1. The summed E-state index contributed by atoms with van der Waals surface area (Å²) in [6.45, 7) is 5.11. The second-order valence-electron chi connectivity index (χ2n) is 5.71. The van der Waals surface area contributed by atoms with Gasteiger partial charge in [-0.1, -0.05) is 13.3 Å². The molecule has 2 saturated heterocycles. The Bertz CT molecular complexity index is 280. The minimum atomic E-state index is -0.655. The van der Waals surface area contributed by atoms with Gasteiger partial charge in [-0.2, -0.15) is 0 Å². The maximum absolute atomic E-state index is 10.7. The number of carboxylic acids is 1. The Hall–Kier alpha value is -0.610. The van der Waals surface area contributed by atoms with Crippen molar-refractivity contribution in [1.29, 1.82) is 0 Å². The van der Waals surface area contributed by atoms with Gasteiger partial charge in [0.25, 0.3) is 0 Å². The Labute approximate surface area is 109 Å². The fourth-order valence-electron chi connectivity index (χ4n) is 3.32. The zero-order chi connectivity index (χ0) is 13.0. The molecule has 2 aliphatic rings.